The summed E-state index contributed by atoms with van der Waals surface area (Å²) in [6.07, 6.45) is 6.61. The summed E-state index contributed by atoms with van der Waals surface area (Å²) in [5.74, 6) is 0.601. The van der Waals surface area contributed by atoms with Crippen LogP contribution in [0.3, 0.4) is 0 Å². The number of imidazole rings is 1. The number of hydrogen-bond acceptors (Lipinski definition) is 5. The number of H-pyrrole nitrogens is 1. The summed E-state index contributed by atoms with van der Waals surface area (Å²) >= 11 is 6.63. The Balaban J connectivity index is 1.62. The van der Waals surface area contributed by atoms with Gasteiger partial charge in [-0.1, -0.05) is 75.0 Å². The van der Waals surface area contributed by atoms with Gasteiger partial charge in [0.05, 0.1) is 17.9 Å². The molecule has 0 saturated heterocycles. The maximum absolute atomic E-state index is 13.1. The fraction of sp³-hybridized carbons (Fsp3) is 0.375. The highest BCUT2D eigenvalue weighted by Gasteiger charge is 2.18. The normalized spacial score (nSPS) is 11.2. The average molecular weight is 466 g/mol. The lowest BCUT2D eigenvalue weighted by atomic mass is 10.0. The van der Waals surface area contributed by atoms with Gasteiger partial charge in [0.15, 0.2) is 5.82 Å². The quantitative estimate of drug-likeness (QED) is 0.341. The largest absolute Gasteiger partial charge is 0.329 e. The molecule has 0 unspecified atom stereocenters. The van der Waals surface area contributed by atoms with Gasteiger partial charge in [0, 0.05) is 23.9 Å². The predicted molar refractivity (Wildman–Crippen MR) is 129 cm³/mol. The van der Waals surface area contributed by atoms with E-state index >= 15 is 0 Å². The number of unbranched alkanes of at least 4 members (excludes halogenated alkanes) is 2. The van der Waals surface area contributed by atoms with Crippen molar-refractivity contribution in [1.29, 1.82) is 0 Å². The number of halogens is 1. The molecule has 0 bridgehead atoms. The first kappa shape index (κ1) is 22.9. The van der Waals surface area contributed by atoms with Gasteiger partial charge in [0.2, 0.25) is 0 Å². The van der Waals surface area contributed by atoms with Gasteiger partial charge in [-0.25, -0.2) is 9.89 Å². The van der Waals surface area contributed by atoms with E-state index in [-0.39, 0.29) is 5.69 Å². The van der Waals surface area contributed by atoms with Gasteiger partial charge in [0.25, 0.3) is 0 Å². The third kappa shape index (κ3) is 4.90. The summed E-state index contributed by atoms with van der Waals surface area (Å²) in [5.41, 5.74) is 4.45. The molecular formula is C24H28ClN7O. The average Bonchev–Trinajstić information content (AvgIpc) is 3.45. The van der Waals surface area contributed by atoms with Gasteiger partial charge in [-0.05, 0) is 34.9 Å². The van der Waals surface area contributed by atoms with E-state index in [2.05, 4.69) is 39.5 Å². The van der Waals surface area contributed by atoms with Gasteiger partial charge < -0.3 is 0 Å². The maximum Gasteiger partial charge on any atom is 0.329 e. The molecule has 9 heteroatoms. The summed E-state index contributed by atoms with van der Waals surface area (Å²) in [6, 6.07) is 11.8. The number of nitrogens with one attached hydrogen (secondary N) is 1. The minimum atomic E-state index is -0.0615. The smallest absolute Gasteiger partial charge is 0.289 e. The summed E-state index contributed by atoms with van der Waals surface area (Å²) in [7, 11) is 0. The number of aromatic amines is 1. The van der Waals surface area contributed by atoms with Crippen LogP contribution in [0.2, 0.25) is 5.15 Å². The number of pyridine rings is 1. The Kier molecular flexibility index (Phi) is 7.34. The first-order valence-corrected chi connectivity index (χ1v) is 11.8. The molecule has 172 valence electrons. The Bertz CT molecular complexity index is 1240. The lowest BCUT2D eigenvalue weighted by Crippen LogP contribution is -2.26. The molecular weight excluding hydrogens is 438 g/mol. The summed E-state index contributed by atoms with van der Waals surface area (Å²) in [4.78, 5) is 17.8. The maximum atomic E-state index is 13.1. The Hall–Kier alpha value is -3.26. The molecule has 1 aromatic carbocycles. The Morgan fingerprint density at radius 1 is 1.00 bits per heavy atom. The van der Waals surface area contributed by atoms with E-state index < -0.39 is 0 Å². The Labute approximate surface area is 197 Å². The molecule has 0 aliphatic carbocycles. The first-order valence-electron chi connectivity index (χ1n) is 11.4. The van der Waals surface area contributed by atoms with E-state index in [1.807, 2.05) is 42.6 Å². The van der Waals surface area contributed by atoms with Crippen LogP contribution in [0.15, 0.2) is 47.4 Å². The second-order valence-corrected chi connectivity index (χ2v) is 8.41. The summed E-state index contributed by atoms with van der Waals surface area (Å²) in [6.45, 7) is 5.28. The molecule has 3 heterocycles. The molecule has 4 aromatic rings. The molecule has 0 saturated carbocycles. The van der Waals surface area contributed by atoms with Crippen molar-refractivity contribution in [2.24, 2.45) is 0 Å². The Morgan fingerprint density at radius 3 is 2.48 bits per heavy atom. The van der Waals surface area contributed by atoms with Crippen LogP contribution in [0.4, 0.5) is 0 Å². The van der Waals surface area contributed by atoms with E-state index in [4.69, 9.17) is 11.6 Å². The van der Waals surface area contributed by atoms with Crippen LogP contribution in [-0.4, -0.2) is 34.7 Å². The van der Waals surface area contributed by atoms with Crippen molar-refractivity contribution < 1.29 is 0 Å². The monoisotopic (exact) mass is 465 g/mol. The third-order valence-electron chi connectivity index (χ3n) is 5.72. The standard InChI is InChI=1S/C24H28ClN7O/c1-3-5-8-14-31-22(25)21(9-4-2)32(24(31)33)16-18-13-12-17(15-26-18)19-10-6-7-11-20(19)23-27-29-30-28-23/h6-7,10-13,15H,3-5,8-9,14,16H2,1-2H3,(H,27,28,29,30). The molecule has 0 radical (unpaired) electrons. The number of rotatable bonds is 10. The van der Waals surface area contributed by atoms with Crippen molar-refractivity contribution in [3.05, 3.63) is 69.6 Å². The zero-order chi connectivity index (χ0) is 23.2. The number of hydrogen-bond donors (Lipinski definition) is 1. The molecule has 1 N–H and O–H groups in total. The van der Waals surface area contributed by atoms with Gasteiger partial charge in [-0.15, -0.1) is 5.10 Å². The first-order chi connectivity index (χ1) is 16.1. The molecule has 3 aromatic heterocycles. The van der Waals surface area contributed by atoms with Gasteiger partial charge in [-0.2, -0.15) is 0 Å². The van der Waals surface area contributed by atoms with Crippen molar-refractivity contribution in [3.8, 4) is 22.5 Å². The van der Waals surface area contributed by atoms with Crippen molar-refractivity contribution in [1.82, 2.24) is 34.7 Å². The van der Waals surface area contributed by atoms with Gasteiger partial charge in [-0.3, -0.25) is 14.1 Å². The van der Waals surface area contributed by atoms with Crippen molar-refractivity contribution in [2.45, 2.75) is 59.0 Å². The highest BCUT2D eigenvalue weighted by molar-refractivity contribution is 6.30. The molecule has 0 fully saturated rings. The van der Waals surface area contributed by atoms with E-state index in [1.165, 1.54) is 0 Å². The lowest BCUT2D eigenvalue weighted by molar-refractivity contribution is 0.572. The SMILES string of the molecule is CCCCCn1c(Cl)c(CCC)n(Cc2ccc(-c3ccccc3-c3nnn[nH]3)cn2)c1=O. The van der Waals surface area contributed by atoms with E-state index in [1.54, 1.807) is 9.13 Å². The summed E-state index contributed by atoms with van der Waals surface area (Å²) in [5, 5.41) is 14.8. The Morgan fingerprint density at radius 2 is 1.82 bits per heavy atom. The number of tetrazole rings is 1. The molecule has 0 aliphatic heterocycles. The van der Waals surface area contributed by atoms with Crippen molar-refractivity contribution in [2.75, 3.05) is 0 Å². The second-order valence-electron chi connectivity index (χ2n) is 8.05. The van der Waals surface area contributed by atoms with Crippen LogP contribution in [0.25, 0.3) is 22.5 Å². The van der Waals surface area contributed by atoms with Crippen LogP contribution < -0.4 is 5.69 Å². The fourth-order valence-corrected chi connectivity index (χ4v) is 4.37. The van der Waals surface area contributed by atoms with Crippen molar-refractivity contribution in [3.63, 3.8) is 0 Å². The summed E-state index contributed by atoms with van der Waals surface area (Å²) < 4.78 is 3.48. The third-order valence-corrected chi connectivity index (χ3v) is 6.14. The molecule has 0 aliphatic rings. The zero-order valence-corrected chi connectivity index (χ0v) is 19.7. The van der Waals surface area contributed by atoms with E-state index in [0.29, 0.717) is 24.1 Å². The van der Waals surface area contributed by atoms with Crippen LogP contribution in [0, 0.1) is 0 Å². The van der Waals surface area contributed by atoms with E-state index in [9.17, 15) is 4.79 Å². The van der Waals surface area contributed by atoms with Crippen molar-refractivity contribution >= 4 is 11.6 Å². The van der Waals surface area contributed by atoms with Gasteiger partial charge in [0.1, 0.15) is 5.15 Å². The van der Waals surface area contributed by atoms with Crippen LogP contribution in [-0.2, 0) is 19.5 Å². The predicted octanol–water partition coefficient (Wildman–Crippen LogP) is 4.74. The lowest BCUT2D eigenvalue weighted by Gasteiger charge is -2.09. The zero-order valence-electron chi connectivity index (χ0n) is 19.0. The second kappa shape index (κ2) is 10.6. The topological polar surface area (TPSA) is 94.3 Å². The highest BCUT2D eigenvalue weighted by atomic mass is 35.5. The minimum Gasteiger partial charge on any atom is -0.289 e. The van der Waals surface area contributed by atoms with Crippen LogP contribution in [0.5, 0.6) is 0 Å². The van der Waals surface area contributed by atoms with Crippen LogP contribution in [0.1, 0.15) is 50.9 Å². The molecule has 0 atom stereocenters. The molecule has 0 spiro atoms. The van der Waals surface area contributed by atoms with Gasteiger partial charge >= 0.3 is 5.69 Å². The highest BCUT2D eigenvalue weighted by Crippen LogP contribution is 2.29. The van der Waals surface area contributed by atoms with Crippen LogP contribution >= 0.6 is 11.6 Å². The molecule has 0 amide bonds. The molecule has 33 heavy (non-hydrogen) atoms. The molecule has 4 rings (SSSR count). The minimum absolute atomic E-state index is 0.0615. The number of aromatic nitrogens is 7. The molecule has 8 nitrogen and oxygen atoms in total. The number of nitrogens with zero attached hydrogens (tertiary/aromatic N) is 6. The number of benzene rings is 1. The fourth-order valence-electron chi connectivity index (χ4n) is 4.02. The van der Waals surface area contributed by atoms with E-state index in [0.717, 1.165) is 60.2 Å².